The Balaban J connectivity index is 1.56. The fourth-order valence-corrected chi connectivity index (χ4v) is 5.42. The molecule has 1 aromatic heterocycles. The SMILES string of the molecule is [C-]#[N+]c1ccc(N(c2ccc(F)cc2)c2ccc3c4c2ccc2cccc(c24)n3-c2ccccc2)cc1. The average molecular weight is 478 g/mol. The van der Waals surface area contributed by atoms with Crippen LogP contribution in [0.3, 0.4) is 0 Å². The first kappa shape index (κ1) is 21.2. The Hall–Kier alpha value is -5.14. The van der Waals surface area contributed by atoms with Crippen molar-refractivity contribution < 1.29 is 4.39 Å². The van der Waals surface area contributed by atoms with Gasteiger partial charge in [-0.05, 0) is 72.1 Å². The minimum absolute atomic E-state index is 0.278. The van der Waals surface area contributed by atoms with E-state index in [-0.39, 0.29) is 5.82 Å². The van der Waals surface area contributed by atoms with Gasteiger partial charge in [0.1, 0.15) is 5.82 Å². The molecule has 0 saturated heterocycles. The van der Waals surface area contributed by atoms with Gasteiger partial charge in [-0.25, -0.2) is 9.24 Å². The molecule has 0 spiro atoms. The summed E-state index contributed by atoms with van der Waals surface area (Å²) >= 11 is 0. The standard InChI is InChI=1S/C33H20FN3/c1-35-24-13-17-27(18-14-24)36(26-15-11-23(34)12-16-26)29-20-21-31-33-28(29)19-10-22-6-5-9-30(32(22)33)37(31)25-7-3-2-4-8-25/h2-21H. The summed E-state index contributed by atoms with van der Waals surface area (Å²) in [6.07, 6.45) is 0. The van der Waals surface area contributed by atoms with Crippen molar-refractivity contribution in [2.75, 3.05) is 4.90 Å². The zero-order valence-electron chi connectivity index (χ0n) is 19.8. The Morgan fingerprint density at radius 2 is 1.32 bits per heavy atom. The average Bonchev–Trinajstić information content (AvgIpc) is 3.30. The predicted molar refractivity (Wildman–Crippen MR) is 150 cm³/mol. The van der Waals surface area contributed by atoms with Gasteiger partial charge in [0.25, 0.3) is 0 Å². The van der Waals surface area contributed by atoms with E-state index in [0.29, 0.717) is 5.69 Å². The topological polar surface area (TPSA) is 12.5 Å². The van der Waals surface area contributed by atoms with E-state index in [1.54, 1.807) is 12.1 Å². The number of halogens is 1. The first-order chi connectivity index (χ1) is 18.2. The van der Waals surface area contributed by atoms with E-state index in [9.17, 15) is 4.39 Å². The van der Waals surface area contributed by atoms with Crippen molar-refractivity contribution in [1.29, 1.82) is 0 Å². The minimum Gasteiger partial charge on any atom is -0.310 e. The number of para-hydroxylation sites is 1. The van der Waals surface area contributed by atoms with E-state index in [1.807, 2.05) is 30.3 Å². The third-order valence-corrected chi connectivity index (χ3v) is 7.01. The molecule has 0 aliphatic carbocycles. The summed E-state index contributed by atoms with van der Waals surface area (Å²) < 4.78 is 16.2. The predicted octanol–water partition coefficient (Wildman–Crippen LogP) is 9.53. The van der Waals surface area contributed by atoms with Crippen LogP contribution in [0.4, 0.5) is 27.1 Å². The molecule has 7 rings (SSSR count). The molecule has 0 atom stereocenters. The van der Waals surface area contributed by atoms with E-state index in [2.05, 4.69) is 81.0 Å². The van der Waals surface area contributed by atoms with E-state index in [1.165, 1.54) is 28.3 Å². The summed E-state index contributed by atoms with van der Waals surface area (Å²) in [5.41, 5.74) is 6.74. The van der Waals surface area contributed by atoms with Gasteiger partial charge in [-0.3, -0.25) is 0 Å². The molecule has 1 heterocycles. The van der Waals surface area contributed by atoms with Crippen molar-refractivity contribution in [1.82, 2.24) is 4.57 Å². The van der Waals surface area contributed by atoms with E-state index < -0.39 is 0 Å². The Morgan fingerprint density at radius 1 is 0.622 bits per heavy atom. The van der Waals surface area contributed by atoms with Gasteiger partial charge in [-0.1, -0.05) is 54.6 Å². The second-order valence-corrected chi connectivity index (χ2v) is 9.08. The molecule has 0 N–H and O–H groups in total. The fourth-order valence-electron chi connectivity index (χ4n) is 5.42. The van der Waals surface area contributed by atoms with Crippen LogP contribution in [-0.2, 0) is 0 Å². The maximum Gasteiger partial charge on any atom is 0.187 e. The molecule has 0 aliphatic rings. The quantitative estimate of drug-likeness (QED) is 0.182. The molecule has 0 fully saturated rings. The monoisotopic (exact) mass is 477 g/mol. The number of hydrogen-bond acceptors (Lipinski definition) is 1. The minimum atomic E-state index is -0.278. The zero-order valence-corrected chi connectivity index (χ0v) is 19.8. The van der Waals surface area contributed by atoms with Crippen LogP contribution in [0.25, 0.3) is 43.1 Å². The summed E-state index contributed by atoms with van der Waals surface area (Å²) in [7, 11) is 0. The molecule has 37 heavy (non-hydrogen) atoms. The summed E-state index contributed by atoms with van der Waals surface area (Å²) in [6, 6.07) is 39.6. The summed E-state index contributed by atoms with van der Waals surface area (Å²) in [4.78, 5) is 5.68. The molecule has 0 radical (unpaired) electrons. The van der Waals surface area contributed by atoms with Crippen LogP contribution in [0.2, 0.25) is 0 Å². The van der Waals surface area contributed by atoms with Crippen LogP contribution in [0.1, 0.15) is 0 Å². The molecular formula is C33H20FN3. The van der Waals surface area contributed by atoms with E-state index >= 15 is 0 Å². The van der Waals surface area contributed by atoms with E-state index in [0.717, 1.165) is 39.2 Å². The number of benzene rings is 6. The van der Waals surface area contributed by atoms with Crippen LogP contribution in [0, 0.1) is 12.4 Å². The lowest BCUT2D eigenvalue weighted by atomic mass is 10.00. The van der Waals surface area contributed by atoms with Gasteiger partial charge in [-0.15, -0.1) is 0 Å². The van der Waals surface area contributed by atoms with Gasteiger partial charge in [-0.2, -0.15) is 0 Å². The number of rotatable bonds is 4. The van der Waals surface area contributed by atoms with Crippen molar-refractivity contribution >= 4 is 55.3 Å². The maximum absolute atomic E-state index is 13.9. The molecular weight excluding hydrogens is 457 g/mol. The highest BCUT2D eigenvalue weighted by molar-refractivity contribution is 6.26. The maximum atomic E-state index is 13.9. The van der Waals surface area contributed by atoms with Crippen molar-refractivity contribution in [2.45, 2.75) is 0 Å². The summed E-state index contributed by atoms with van der Waals surface area (Å²) in [5, 5.41) is 4.72. The smallest absolute Gasteiger partial charge is 0.187 e. The number of hydrogen-bond donors (Lipinski definition) is 0. The third-order valence-electron chi connectivity index (χ3n) is 7.01. The van der Waals surface area contributed by atoms with E-state index in [4.69, 9.17) is 6.57 Å². The molecule has 6 aromatic carbocycles. The van der Waals surface area contributed by atoms with Crippen molar-refractivity contribution in [3.63, 3.8) is 0 Å². The second-order valence-electron chi connectivity index (χ2n) is 9.08. The van der Waals surface area contributed by atoms with Crippen molar-refractivity contribution in [3.8, 4) is 5.69 Å². The molecule has 0 saturated carbocycles. The highest BCUT2D eigenvalue weighted by Crippen LogP contribution is 2.45. The molecule has 174 valence electrons. The van der Waals surface area contributed by atoms with Crippen LogP contribution in [0.5, 0.6) is 0 Å². The van der Waals surface area contributed by atoms with Crippen LogP contribution < -0.4 is 4.90 Å². The lowest BCUT2D eigenvalue weighted by Crippen LogP contribution is -2.10. The van der Waals surface area contributed by atoms with Gasteiger partial charge in [0.05, 0.1) is 23.3 Å². The van der Waals surface area contributed by atoms with Crippen LogP contribution in [-0.4, -0.2) is 4.57 Å². The van der Waals surface area contributed by atoms with Gasteiger partial charge in [0.2, 0.25) is 0 Å². The summed E-state index contributed by atoms with van der Waals surface area (Å²) in [6.45, 7) is 7.34. The number of anilines is 3. The molecule has 0 amide bonds. The summed E-state index contributed by atoms with van der Waals surface area (Å²) in [5.74, 6) is -0.278. The van der Waals surface area contributed by atoms with Crippen LogP contribution >= 0.6 is 0 Å². The largest absolute Gasteiger partial charge is 0.310 e. The first-order valence-corrected chi connectivity index (χ1v) is 12.1. The van der Waals surface area contributed by atoms with Gasteiger partial charge < -0.3 is 9.47 Å². The third kappa shape index (κ3) is 3.26. The Kier molecular flexibility index (Phi) is 4.70. The zero-order chi connectivity index (χ0) is 24.9. The highest BCUT2D eigenvalue weighted by Gasteiger charge is 2.22. The molecule has 0 unspecified atom stereocenters. The van der Waals surface area contributed by atoms with Gasteiger partial charge >= 0.3 is 0 Å². The first-order valence-electron chi connectivity index (χ1n) is 12.1. The van der Waals surface area contributed by atoms with Gasteiger partial charge in [0, 0.05) is 33.2 Å². The normalized spacial score (nSPS) is 11.4. The highest BCUT2D eigenvalue weighted by atomic mass is 19.1. The number of aromatic nitrogens is 1. The number of nitrogens with zero attached hydrogens (tertiary/aromatic N) is 3. The molecule has 3 nitrogen and oxygen atoms in total. The molecule has 0 bridgehead atoms. The lowest BCUT2D eigenvalue weighted by molar-refractivity contribution is 0.628. The Labute approximate surface area is 213 Å². The van der Waals surface area contributed by atoms with Crippen molar-refractivity contribution in [3.05, 3.63) is 139 Å². The molecule has 4 heteroatoms. The lowest BCUT2D eigenvalue weighted by Gasteiger charge is -2.27. The van der Waals surface area contributed by atoms with Crippen LogP contribution in [0.15, 0.2) is 121 Å². The Bertz CT molecular complexity index is 1930. The molecule has 0 aliphatic heterocycles. The fraction of sp³-hybridized carbons (Fsp3) is 0. The van der Waals surface area contributed by atoms with Crippen molar-refractivity contribution in [2.24, 2.45) is 0 Å². The Morgan fingerprint density at radius 3 is 2.05 bits per heavy atom. The second kappa shape index (κ2) is 8.22. The molecule has 7 aromatic rings. The van der Waals surface area contributed by atoms with Gasteiger partial charge in [0.15, 0.2) is 5.69 Å².